The lowest BCUT2D eigenvalue weighted by Crippen LogP contribution is -2.53. The summed E-state index contributed by atoms with van der Waals surface area (Å²) in [6.45, 7) is -0.0139. The second kappa shape index (κ2) is 11.7. The number of likely N-dealkylation sites (tertiary alicyclic amines) is 2. The van der Waals surface area contributed by atoms with Gasteiger partial charge in [0.2, 0.25) is 5.91 Å². The molecule has 0 radical (unpaired) electrons. The van der Waals surface area contributed by atoms with Crippen LogP contribution >= 0.6 is 15.9 Å². The molecule has 5 rings (SSSR count). The van der Waals surface area contributed by atoms with Gasteiger partial charge in [-0.05, 0) is 60.5 Å². The molecule has 3 atom stereocenters. The van der Waals surface area contributed by atoms with E-state index in [0.717, 1.165) is 6.26 Å². The predicted molar refractivity (Wildman–Crippen MR) is 157 cm³/mol. The monoisotopic (exact) mass is 653 g/mol. The lowest BCUT2D eigenvalue weighted by Gasteiger charge is -2.28. The predicted octanol–water partition coefficient (Wildman–Crippen LogP) is 2.59. The number of hydrogen-bond acceptors (Lipinski definition) is 7. The molecule has 12 heteroatoms. The van der Waals surface area contributed by atoms with Crippen LogP contribution in [-0.4, -0.2) is 84.3 Å². The Kier molecular flexibility index (Phi) is 8.20. The Morgan fingerprint density at radius 2 is 1.69 bits per heavy atom. The molecule has 2 fully saturated rings. The minimum absolute atomic E-state index is 0.00286. The van der Waals surface area contributed by atoms with Crippen LogP contribution in [0.2, 0.25) is 0 Å². The first kappa shape index (κ1) is 29.5. The van der Waals surface area contributed by atoms with Crippen LogP contribution in [-0.2, 0) is 25.8 Å². The molecule has 2 saturated heterocycles. The van der Waals surface area contributed by atoms with Crippen molar-refractivity contribution in [3.05, 3.63) is 94.0 Å². The number of aromatic hydroxyl groups is 1. The first-order valence-corrected chi connectivity index (χ1v) is 15.9. The number of rotatable bonds is 7. The molecule has 3 amide bonds. The molecular weight excluding hydrogens is 626 g/mol. The van der Waals surface area contributed by atoms with Gasteiger partial charge in [-0.15, -0.1) is 0 Å². The van der Waals surface area contributed by atoms with Gasteiger partial charge in [-0.1, -0.05) is 40.2 Å². The molecule has 2 aliphatic heterocycles. The van der Waals surface area contributed by atoms with Crippen molar-refractivity contribution in [1.82, 2.24) is 15.1 Å². The van der Waals surface area contributed by atoms with Crippen LogP contribution in [0.25, 0.3) is 0 Å². The summed E-state index contributed by atoms with van der Waals surface area (Å²) in [5.74, 6) is -1.66. The van der Waals surface area contributed by atoms with Gasteiger partial charge >= 0.3 is 0 Å². The van der Waals surface area contributed by atoms with Gasteiger partial charge in [-0.3, -0.25) is 19.2 Å². The first-order valence-electron chi connectivity index (χ1n) is 13.2. The number of nitrogens with one attached hydrogen (secondary N) is 1. The number of nitrogens with zero attached hydrogens (tertiary/aromatic N) is 2. The molecule has 0 spiro atoms. The Bertz CT molecular complexity index is 1680. The fourth-order valence-electron chi connectivity index (χ4n) is 5.50. The lowest BCUT2D eigenvalue weighted by atomic mass is 10.0. The smallest absolute Gasteiger partial charge is 0.254 e. The third kappa shape index (κ3) is 6.09. The van der Waals surface area contributed by atoms with Crippen LogP contribution in [0.4, 0.5) is 0 Å². The number of halogens is 1. The number of benzene rings is 3. The molecule has 0 aliphatic carbocycles. The number of phenolic OH excluding ortho intramolecular Hbond substituents is 1. The van der Waals surface area contributed by atoms with Crippen molar-refractivity contribution < 1.29 is 32.7 Å². The van der Waals surface area contributed by atoms with Gasteiger partial charge in [0.25, 0.3) is 11.8 Å². The number of phenols is 1. The average Bonchev–Trinajstić information content (AvgIpc) is 3.54. The second-order valence-corrected chi connectivity index (χ2v) is 13.4. The average molecular weight is 655 g/mol. The quantitative estimate of drug-likeness (QED) is 0.399. The van der Waals surface area contributed by atoms with Crippen LogP contribution in [0.3, 0.4) is 0 Å². The van der Waals surface area contributed by atoms with Crippen molar-refractivity contribution in [3.8, 4) is 5.75 Å². The maximum absolute atomic E-state index is 14.0. The van der Waals surface area contributed by atoms with Gasteiger partial charge in [-0.25, -0.2) is 8.42 Å². The Morgan fingerprint density at radius 3 is 2.38 bits per heavy atom. The van der Waals surface area contributed by atoms with E-state index < -0.39 is 45.7 Å². The van der Waals surface area contributed by atoms with Crippen LogP contribution in [0.1, 0.15) is 32.7 Å². The maximum atomic E-state index is 14.0. The van der Waals surface area contributed by atoms with E-state index in [-0.39, 0.29) is 41.5 Å². The third-order valence-corrected chi connectivity index (χ3v) is 9.15. The summed E-state index contributed by atoms with van der Waals surface area (Å²) < 4.78 is 24.7. The van der Waals surface area contributed by atoms with Crippen molar-refractivity contribution in [2.24, 2.45) is 0 Å². The van der Waals surface area contributed by atoms with E-state index in [9.17, 15) is 32.7 Å². The Hall–Kier alpha value is -4.03. The number of ketones is 1. The maximum Gasteiger partial charge on any atom is 0.254 e. The summed E-state index contributed by atoms with van der Waals surface area (Å²) in [5.41, 5.74) is 1.18. The molecule has 10 nitrogen and oxygen atoms in total. The first-order chi connectivity index (χ1) is 19.9. The minimum atomic E-state index is -3.54. The van der Waals surface area contributed by atoms with Crippen molar-refractivity contribution in [3.63, 3.8) is 0 Å². The molecule has 2 N–H and O–H groups in total. The zero-order valence-electron chi connectivity index (χ0n) is 22.6. The van der Waals surface area contributed by atoms with E-state index >= 15 is 0 Å². The number of fused-ring (bicyclic) bond motifs is 1. The standard InChI is InChI=1S/C30H28BrN3O7S/c1-42(40,41)23-7-3-5-20(16-23)29(38)34-17-26(36)27-25(34)12-13-33(27)30(39)24(14-18-8-10-22(35)11-9-18)32-28(37)19-4-2-6-21(31)15-19/h2-11,15-16,24-25,27,35H,12-14,17H2,1H3,(H,32,37)/t24-,25?,27-/m0/s1. The molecule has 0 bridgehead atoms. The van der Waals surface area contributed by atoms with Crippen LogP contribution in [0, 0.1) is 0 Å². The summed E-state index contributed by atoms with van der Waals surface area (Å²) in [6.07, 6.45) is 1.52. The van der Waals surface area contributed by atoms with E-state index in [2.05, 4.69) is 21.2 Å². The highest BCUT2D eigenvalue weighted by molar-refractivity contribution is 9.10. The van der Waals surface area contributed by atoms with Crippen molar-refractivity contribution >= 4 is 49.3 Å². The van der Waals surface area contributed by atoms with Gasteiger partial charge in [0, 0.05) is 34.8 Å². The van der Waals surface area contributed by atoms with Crippen molar-refractivity contribution in [2.75, 3.05) is 19.3 Å². The fourth-order valence-corrected chi connectivity index (χ4v) is 6.57. The largest absolute Gasteiger partial charge is 0.508 e. The molecule has 2 aliphatic rings. The molecule has 0 aromatic heterocycles. The van der Waals surface area contributed by atoms with E-state index in [1.54, 1.807) is 36.4 Å². The number of carbonyl (C=O) groups excluding carboxylic acids is 4. The molecular formula is C30H28BrN3O7S. The lowest BCUT2D eigenvalue weighted by molar-refractivity contribution is -0.138. The van der Waals surface area contributed by atoms with Crippen LogP contribution < -0.4 is 5.32 Å². The van der Waals surface area contributed by atoms with E-state index in [4.69, 9.17) is 0 Å². The zero-order chi connectivity index (χ0) is 30.2. The number of hydrogen-bond donors (Lipinski definition) is 2. The Morgan fingerprint density at radius 1 is 1.00 bits per heavy atom. The van der Waals surface area contributed by atoms with E-state index in [1.165, 1.54) is 46.2 Å². The summed E-state index contributed by atoms with van der Waals surface area (Å²) in [7, 11) is -3.54. The summed E-state index contributed by atoms with van der Waals surface area (Å²) >= 11 is 3.35. The van der Waals surface area contributed by atoms with Crippen LogP contribution in [0.5, 0.6) is 5.75 Å². The molecule has 218 valence electrons. The Labute approximate surface area is 251 Å². The van der Waals surface area contributed by atoms with Gasteiger partial charge < -0.3 is 20.2 Å². The van der Waals surface area contributed by atoms with Crippen molar-refractivity contribution in [1.29, 1.82) is 0 Å². The van der Waals surface area contributed by atoms with Crippen LogP contribution in [0.15, 0.2) is 82.2 Å². The van der Waals surface area contributed by atoms with Gasteiger partial charge in [0.15, 0.2) is 15.6 Å². The van der Waals surface area contributed by atoms with E-state index in [0.29, 0.717) is 22.0 Å². The summed E-state index contributed by atoms with van der Waals surface area (Å²) in [4.78, 5) is 56.6. The molecule has 1 unspecified atom stereocenters. The normalized spacial score (nSPS) is 19.0. The molecule has 2 heterocycles. The number of carbonyl (C=O) groups is 4. The minimum Gasteiger partial charge on any atom is -0.508 e. The van der Waals surface area contributed by atoms with Gasteiger partial charge in [0.05, 0.1) is 17.5 Å². The fraction of sp³-hybridized carbons (Fsp3) is 0.267. The summed E-state index contributed by atoms with van der Waals surface area (Å²) in [5, 5.41) is 12.5. The van der Waals surface area contributed by atoms with Gasteiger partial charge in [-0.2, -0.15) is 0 Å². The summed E-state index contributed by atoms with van der Waals surface area (Å²) in [6, 6.07) is 16.2. The molecule has 0 saturated carbocycles. The SMILES string of the molecule is CS(=O)(=O)c1cccc(C(=O)N2CC(=O)[C@@H]3C2CCN3C(=O)[C@H](Cc2ccc(O)cc2)NC(=O)c2cccc(Br)c2)c1. The van der Waals surface area contributed by atoms with E-state index in [1.807, 2.05) is 0 Å². The third-order valence-electron chi connectivity index (χ3n) is 7.54. The zero-order valence-corrected chi connectivity index (χ0v) is 25.0. The van der Waals surface area contributed by atoms with Crippen molar-refractivity contribution in [2.45, 2.75) is 35.9 Å². The number of Topliss-reactive ketones (excluding diaryl/α,β-unsaturated/α-hetero) is 1. The molecule has 3 aromatic rings. The van der Waals surface area contributed by atoms with Gasteiger partial charge in [0.1, 0.15) is 17.8 Å². The molecule has 42 heavy (non-hydrogen) atoms. The Balaban J connectivity index is 1.39. The highest BCUT2D eigenvalue weighted by Crippen LogP contribution is 2.32. The molecule has 3 aromatic carbocycles. The number of amides is 3. The highest BCUT2D eigenvalue weighted by atomic mass is 79.9. The topological polar surface area (TPSA) is 141 Å². The highest BCUT2D eigenvalue weighted by Gasteiger charge is 2.52. The second-order valence-electron chi connectivity index (χ2n) is 10.4. The number of sulfone groups is 1.